The molecule has 0 fully saturated rings. The van der Waals surface area contributed by atoms with Gasteiger partial charge in [0, 0.05) is 12.5 Å². The second kappa shape index (κ2) is 3.43. The lowest BCUT2D eigenvalue weighted by molar-refractivity contribution is 0.140. The normalized spacial score (nSPS) is 10.9. The number of nitrogens with two attached hydrogens (primary N) is 1. The number of nitrogens with zero attached hydrogens (tertiary/aromatic N) is 1. The van der Waals surface area contributed by atoms with Gasteiger partial charge in [-0.1, -0.05) is 5.16 Å². The fourth-order valence-electron chi connectivity index (χ4n) is 0.692. The number of hydrogen-bond acceptors (Lipinski definition) is 3. The van der Waals surface area contributed by atoms with E-state index in [0.29, 0.717) is 18.7 Å². The van der Waals surface area contributed by atoms with Crippen LogP contribution in [-0.4, -0.2) is 11.7 Å². The van der Waals surface area contributed by atoms with Crippen molar-refractivity contribution in [2.45, 2.75) is 12.8 Å². The van der Waals surface area contributed by atoms with E-state index >= 15 is 0 Å². The molecule has 0 aliphatic rings. The quantitative estimate of drug-likeness (QED) is 0.724. The van der Waals surface area contributed by atoms with Crippen molar-refractivity contribution in [1.29, 1.82) is 0 Å². The van der Waals surface area contributed by atoms with Crippen molar-refractivity contribution in [2.75, 3.05) is 6.54 Å². The molecule has 0 atom stereocenters. The second-order valence-corrected chi connectivity index (χ2v) is 2.06. The molecule has 0 spiro atoms. The molecule has 1 rings (SSSR count). The number of aromatic nitrogens is 1. The lowest BCUT2D eigenvalue weighted by Crippen LogP contribution is -2.01. The number of hydrogen-bond donors (Lipinski definition) is 1. The Hall–Kier alpha value is -0.970. The fourth-order valence-corrected chi connectivity index (χ4v) is 0.692. The summed E-state index contributed by atoms with van der Waals surface area (Å²) in [7, 11) is 0. The maximum Gasteiger partial charge on any atom is 0.283 e. The highest BCUT2D eigenvalue weighted by Gasteiger charge is 2.12. The summed E-state index contributed by atoms with van der Waals surface area (Å²) in [6, 6.07) is 1.22. The summed E-state index contributed by atoms with van der Waals surface area (Å²) >= 11 is 0. The van der Waals surface area contributed by atoms with E-state index in [1.165, 1.54) is 6.07 Å². The summed E-state index contributed by atoms with van der Waals surface area (Å²) in [5, 5.41) is 3.15. The van der Waals surface area contributed by atoms with Gasteiger partial charge in [0.05, 0.1) is 0 Å². The van der Waals surface area contributed by atoms with Gasteiger partial charge in [-0.25, -0.2) is 8.78 Å². The van der Waals surface area contributed by atoms with E-state index < -0.39 is 6.43 Å². The van der Waals surface area contributed by atoms with Gasteiger partial charge in [-0.05, 0) is 6.54 Å². The van der Waals surface area contributed by atoms with Gasteiger partial charge in [-0.3, -0.25) is 0 Å². The van der Waals surface area contributed by atoms with Crippen LogP contribution in [0.5, 0.6) is 0 Å². The van der Waals surface area contributed by atoms with Gasteiger partial charge >= 0.3 is 0 Å². The Labute approximate surface area is 62.2 Å². The van der Waals surface area contributed by atoms with Gasteiger partial charge in [0.2, 0.25) is 0 Å². The smallest absolute Gasteiger partial charge is 0.283 e. The van der Waals surface area contributed by atoms with Crippen LogP contribution in [0.3, 0.4) is 0 Å². The third-order valence-corrected chi connectivity index (χ3v) is 1.19. The SMILES string of the molecule is NCCc1cc(C(F)F)no1. The van der Waals surface area contributed by atoms with Gasteiger partial charge in [0.25, 0.3) is 6.43 Å². The maximum absolute atomic E-state index is 11.9. The minimum atomic E-state index is -2.56. The van der Waals surface area contributed by atoms with E-state index in [9.17, 15) is 8.78 Å². The van der Waals surface area contributed by atoms with Crippen LogP contribution in [0.2, 0.25) is 0 Å². The highest BCUT2D eigenvalue weighted by Crippen LogP contribution is 2.17. The Morgan fingerprint density at radius 2 is 2.36 bits per heavy atom. The molecule has 0 aliphatic carbocycles. The second-order valence-electron chi connectivity index (χ2n) is 2.06. The van der Waals surface area contributed by atoms with Crippen molar-refractivity contribution >= 4 is 0 Å². The van der Waals surface area contributed by atoms with E-state index in [1.807, 2.05) is 0 Å². The van der Waals surface area contributed by atoms with Gasteiger partial charge in [-0.15, -0.1) is 0 Å². The molecule has 3 nitrogen and oxygen atoms in total. The Balaban J connectivity index is 2.66. The Bertz CT molecular complexity index is 224. The lowest BCUT2D eigenvalue weighted by atomic mass is 10.3. The fraction of sp³-hybridized carbons (Fsp3) is 0.500. The number of rotatable bonds is 3. The van der Waals surface area contributed by atoms with E-state index in [2.05, 4.69) is 9.68 Å². The predicted octanol–water partition coefficient (Wildman–Crippen LogP) is 1.11. The first-order chi connectivity index (χ1) is 5.24. The molecule has 0 unspecified atom stereocenters. The average Bonchev–Trinajstić information content (AvgIpc) is 2.37. The average molecular weight is 162 g/mol. The van der Waals surface area contributed by atoms with Crippen molar-refractivity contribution in [3.05, 3.63) is 17.5 Å². The predicted molar refractivity (Wildman–Crippen MR) is 34.2 cm³/mol. The molecule has 11 heavy (non-hydrogen) atoms. The highest BCUT2D eigenvalue weighted by atomic mass is 19.3. The van der Waals surface area contributed by atoms with Gasteiger partial charge < -0.3 is 10.3 Å². The molecular formula is C6H8F2N2O. The molecule has 1 heterocycles. The minimum absolute atomic E-state index is 0.326. The third-order valence-electron chi connectivity index (χ3n) is 1.19. The first-order valence-corrected chi connectivity index (χ1v) is 3.17. The lowest BCUT2D eigenvalue weighted by Gasteiger charge is -1.86. The highest BCUT2D eigenvalue weighted by molar-refractivity contribution is 5.06. The van der Waals surface area contributed by atoms with E-state index in [4.69, 9.17) is 5.73 Å². The zero-order valence-corrected chi connectivity index (χ0v) is 5.76. The molecule has 0 saturated carbocycles. The molecule has 0 radical (unpaired) electrons. The first kappa shape index (κ1) is 8.13. The summed E-state index contributed by atoms with van der Waals surface area (Å²) in [6.45, 7) is 0.373. The molecule has 1 aromatic rings. The molecule has 2 N–H and O–H groups in total. The Morgan fingerprint density at radius 1 is 1.64 bits per heavy atom. The zero-order chi connectivity index (χ0) is 8.27. The van der Waals surface area contributed by atoms with Crippen LogP contribution < -0.4 is 5.73 Å². The summed E-state index contributed by atoms with van der Waals surface area (Å²) in [5.74, 6) is 0.405. The van der Waals surface area contributed by atoms with Crippen molar-refractivity contribution in [3.63, 3.8) is 0 Å². The van der Waals surface area contributed by atoms with Crippen LogP contribution in [0.15, 0.2) is 10.6 Å². The van der Waals surface area contributed by atoms with Gasteiger partial charge in [0.1, 0.15) is 11.5 Å². The molecular weight excluding hydrogens is 154 g/mol. The zero-order valence-electron chi connectivity index (χ0n) is 5.76. The van der Waals surface area contributed by atoms with Crippen molar-refractivity contribution in [1.82, 2.24) is 5.16 Å². The summed E-state index contributed by atoms with van der Waals surface area (Å²) in [5.41, 5.74) is 4.85. The topological polar surface area (TPSA) is 52.0 Å². The molecule has 62 valence electrons. The van der Waals surface area contributed by atoms with Crippen LogP contribution in [-0.2, 0) is 6.42 Å². The number of alkyl halides is 2. The molecule has 5 heteroatoms. The van der Waals surface area contributed by atoms with Crippen LogP contribution >= 0.6 is 0 Å². The van der Waals surface area contributed by atoms with Gasteiger partial charge in [0.15, 0.2) is 0 Å². The van der Waals surface area contributed by atoms with Crippen molar-refractivity contribution in [2.24, 2.45) is 5.73 Å². The molecule has 1 aromatic heterocycles. The molecule has 0 aromatic carbocycles. The monoisotopic (exact) mass is 162 g/mol. The van der Waals surface area contributed by atoms with E-state index in [1.54, 1.807) is 0 Å². The van der Waals surface area contributed by atoms with E-state index in [0.717, 1.165) is 0 Å². The Morgan fingerprint density at radius 3 is 2.82 bits per heavy atom. The standard InChI is InChI=1S/C6H8F2N2O/c7-6(8)5-3-4(1-2-9)11-10-5/h3,6H,1-2,9H2. The largest absolute Gasteiger partial charge is 0.361 e. The molecule has 0 bridgehead atoms. The van der Waals surface area contributed by atoms with Crippen LogP contribution in [0.25, 0.3) is 0 Å². The summed E-state index contributed by atoms with van der Waals surface area (Å²) < 4.78 is 28.3. The minimum Gasteiger partial charge on any atom is -0.361 e. The van der Waals surface area contributed by atoms with Crippen LogP contribution in [0, 0.1) is 0 Å². The first-order valence-electron chi connectivity index (χ1n) is 3.17. The van der Waals surface area contributed by atoms with E-state index in [-0.39, 0.29) is 5.69 Å². The summed E-state index contributed by atoms with van der Waals surface area (Å²) in [4.78, 5) is 0. The number of halogens is 2. The van der Waals surface area contributed by atoms with Gasteiger partial charge in [-0.2, -0.15) is 0 Å². The van der Waals surface area contributed by atoms with Crippen molar-refractivity contribution in [3.8, 4) is 0 Å². The maximum atomic E-state index is 11.9. The molecule has 0 saturated heterocycles. The van der Waals surface area contributed by atoms with Crippen molar-refractivity contribution < 1.29 is 13.3 Å². The molecule has 0 amide bonds. The summed E-state index contributed by atoms with van der Waals surface area (Å²) in [6.07, 6.45) is -2.12. The molecule has 0 aliphatic heterocycles. The third kappa shape index (κ3) is 1.98. The van der Waals surface area contributed by atoms with Crippen LogP contribution in [0.1, 0.15) is 17.9 Å². The Kier molecular flexibility index (Phi) is 2.53. The van der Waals surface area contributed by atoms with Crippen LogP contribution in [0.4, 0.5) is 8.78 Å².